The number of carbonyl (C=O) groups is 5. The van der Waals surface area contributed by atoms with E-state index in [2.05, 4.69) is 16.0 Å². The summed E-state index contributed by atoms with van der Waals surface area (Å²) < 4.78 is 0. The second-order valence-electron chi connectivity index (χ2n) is 8.39. The second-order valence-corrected chi connectivity index (χ2v) is 9.38. The van der Waals surface area contributed by atoms with Crippen molar-refractivity contribution in [1.82, 2.24) is 16.0 Å². The van der Waals surface area contributed by atoms with E-state index in [1.165, 1.54) is 11.8 Å². The average Bonchev–Trinajstić information content (AvgIpc) is 2.75. The largest absolute Gasteiger partial charge is 0.480 e. The Balaban J connectivity index is 5.39. The molecule has 33 heavy (non-hydrogen) atoms. The van der Waals surface area contributed by atoms with Crippen LogP contribution in [0.2, 0.25) is 0 Å². The van der Waals surface area contributed by atoms with Gasteiger partial charge in [-0.25, -0.2) is 4.79 Å². The summed E-state index contributed by atoms with van der Waals surface area (Å²) in [5, 5.41) is 17.2. The molecule has 0 aromatic heterocycles. The van der Waals surface area contributed by atoms with Gasteiger partial charge in [0.1, 0.15) is 18.1 Å². The molecule has 8 N–H and O–H groups in total. The van der Waals surface area contributed by atoms with Crippen molar-refractivity contribution in [2.24, 2.45) is 23.3 Å². The quantitative estimate of drug-likeness (QED) is 0.168. The number of hydrogen-bond acceptors (Lipinski definition) is 7. The van der Waals surface area contributed by atoms with Crippen LogP contribution in [-0.2, 0) is 24.0 Å². The van der Waals surface area contributed by atoms with Gasteiger partial charge in [0, 0.05) is 6.42 Å². The highest BCUT2D eigenvalue weighted by atomic mass is 32.2. The number of carbonyl (C=O) groups excluding carboxylic acids is 4. The van der Waals surface area contributed by atoms with Gasteiger partial charge in [-0.15, -0.1) is 0 Å². The Bertz CT molecular complexity index is 690. The van der Waals surface area contributed by atoms with Gasteiger partial charge in [-0.2, -0.15) is 11.8 Å². The lowest BCUT2D eigenvalue weighted by molar-refractivity contribution is -0.144. The van der Waals surface area contributed by atoms with Crippen molar-refractivity contribution in [3.63, 3.8) is 0 Å². The highest BCUT2D eigenvalue weighted by molar-refractivity contribution is 7.98. The Hall–Kier alpha value is -2.34. The van der Waals surface area contributed by atoms with Gasteiger partial charge in [0.05, 0.1) is 6.04 Å². The number of nitrogens with two attached hydrogens (primary N) is 2. The van der Waals surface area contributed by atoms with Crippen molar-refractivity contribution in [3.05, 3.63) is 0 Å². The predicted molar refractivity (Wildman–Crippen MR) is 127 cm³/mol. The smallest absolute Gasteiger partial charge is 0.326 e. The lowest BCUT2D eigenvalue weighted by Crippen LogP contribution is -2.59. The maximum Gasteiger partial charge on any atom is 0.326 e. The zero-order valence-corrected chi connectivity index (χ0v) is 20.9. The summed E-state index contributed by atoms with van der Waals surface area (Å²) in [6, 6.07) is -4.06. The minimum absolute atomic E-state index is 0.0429. The fraction of sp³-hybridized carbons (Fsp3) is 0.762. The molecule has 4 amide bonds. The third kappa shape index (κ3) is 11.4. The Labute approximate surface area is 199 Å². The van der Waals surface area contributed by atoms with Crippen molar-refractivity contribution in [2.45, 2.75) is 77.5 Å². The van der Waals surface area contributed by atoms with E-state index in [1.54, 1.807) is 20.8 Å². The predicted octanol–water partition coefficient (Wildman–Crippen LogP) is -0.427. The Morgan fingerprint density at radius 2 is 1.48 bits per heavy atom. The molecule has 12 heteroatoms. The summed E-state index contributed by atoms with van der Waals surface area (Å²) in [6.07, 6.45) is 2.67. The number of primary amides is 1. The zero-order valence-electron chi connectivity index (χ0n) is 20.1. The molecule has 5 unspecified atom stereocenters. The van der Waals surface area contributed by atoms with Crippen molar-refractivity contribution in [3.8, 4) is 0 Å². The van der Waals surface area contributed by atoms with E-state index >= 15 is 0 Å². The maximum atomic E-state index is 13.0. The number of nitrogens with one attached hydrogen (secondary N) is 3. The number of hydrogen-bond donors (Lipinski definition) is 6. The number of aliphatic carboxylic acids is 1. The molecule has 0 aromatic rings. The third-order valence-corrected chi connectivity index (χ3v) is 5.95. The number of amides is 4. The molecule has 0 aromatic carbocycles. The molecule has 0 saturated heterocycles. The molecule has 0 rings (SSSR count). The molecule has 190 valence electrons. The molecule has 0 radical (unpaired) electrons. The lowest BCUT2D eigenvalue weighted by Gasteiger charge is -2.28. The van der Waals surface area contributed by atoms with Crippen molar-refractivity contribution < 1.29 is 29.1 Å². The van der Waals surface area contributed by atoms with Gasteiger partial charge in [-0.05, 0) is 36.7 Å². The normalized spacial score (nSPS) is 15.6. The van der Waals surface area contributed by atoms with Crippen molar-refractivity contribution >= 4 is 41.4 Å². The van der Waals surface area contributed by atoms with E-state index in [4.69, 9.17) is 11.5 Å². The number of rotatable bonds is 16. The summed E-state index contributed by atoms with van der Waals surface area (Å²) >= 11 is 1.48. The standard InChI is InChI=1S/C21H39N5O6S/c1-6-12(4)17(21(31)32)26-20(30)16(11(2)3)25-19(29)14(9-10-33-5)24-18(28)13(22)7-8-15(23)27/h11-14,16-17H,6-10,22H2,1-5H3,(H2,23,27)(H,24,28)(H,25,29)(H,26,30)(H,31,32). The van der Waals surface area contributed by atoms with E-state index in [1.807, 2.05) is 13.2 Å². The molecule has 0 fully saturated rings. The Morgan fingerprint density at radius 1 is 0.909 bits per heavy atom. The topological polar surface area (TPSA) is 194 Å². The summed E-state index contributed by atoms with van der Waals surface area (Å²) in [6.45, 7) is 6.98. The lowest BCUT2D eigenvalue weighted by atomic mass is 9.97. The Morgan fingerprint density at radius 3 is 1.94 bits per heavy atom. The second kappa shape index (κ2) is 15.5. The molecule has 0 spiro atoms. The summed E-state index contributed by atoms with van der Waals surface area (Å²) in [5.74, 6) is -3.61. The summed E-state index contributed by atoms with van der Waals surface area (Å²) in [7, 11) is 0. The molecular formula is C21H39N5O6S. The first kappa shape index (κ1) is 30.7. The van der Waals surface area contributed by atoms with Crippen LogP contribution in [0, 0.1) is 11.8 Å². The van der Waals surface area contributed by atoms with Crippen LogP contribution in [0.3, 0.4) is 0 Å². The highest BCUT2D eigenvalue weighted by Crippen LogP contribution is 2.11. The van der Waals surface area contributed by atoms with Crippen LogP contribution in [0.5, 0.6) is 0 Å². The van der Waals surface area contributed by atoms with Gasteiger partial charge in [0.25, 0.3) is 0 Å². The molecule has 0 aliphatic heterocycles. The first-order chi connectivity index (χ1) is 15.3. The van der Waals surface area contributed by atoms with E-state index in [9.17, 15) is 29.1 Å². The molecule has 5 atom stereocenters. The van der Waals surface area contributed by atoms with E-state index in [-0.39, 0.29) is 24.7 Å². The first-order valence-electron chi connectivity index (χ1n) is 11.0. The van der Waals surface area contributed by atoms with Gasteiger partial charge >= 0.3 is 5.97 Å². The summed E-state index contributed by atoms with van der Waals surface area (Å²) in [4.78, 5) is 60.7. The summed E-state index contributed by atoms with van der Waals surface area (Å²) in [5.41, 5.74) is 10.9. The molecule has 0 bridgehead atoms. The van der Waals surface area contributed by atoms with Gasteiger partial charge in [-0.3, -0.25) is 19.2 Å². The van der Waals surface area contributed by atoms with Crippen molar-refractivity contribution in [1.29, 1.82) is 0 Å². The van der Waals surface area contributed by atoms with E-state index < -0.39 is 53.8 Å². The third-order valence-electron chi connectivity index (χ3n) is 5.31. The van der Waals surface area contributed by atoms with Gasteiger partial charge in [-0.1, -0.05) is 34.1 Å². The number of thioether (sulfide) groups is 1. The number of carboxylic acids is 1. The van der Waals surface area contributed by atoms with Crippen LogP contribution in [-0.4, -0.2) is 70.9 Å². The Kier molecular flexibility index (Phi) is 14.4. The monoisotopic (exact) mass is 489 g/mol. The van der Waals surface area contributed by atoms with Crippen LogP contribution < -0.4 is 27.4 Å². The number of carboxylic acid groups (broad SMARTS) is 1. The van der Waals surface area contributed by atoms with E-state index in [0.717, 1.165) is 0 Å². The minimum Gasteiger partial charge on any atom is -0.480 e. The highest BCUT2D eigenvalue weighted by Gasteiger charge is 2.33. The van der Waals surface area contributed by atoms with Crippen LogP contribution >= 0.6 is 11.8 Å². The first-order valence-corrected chi connectivity index (χ1v) is 12.4. The maximum absolute atomic E-state index is 13.0. The molecule has 0 aliphatic rings. The molecule has 0 saturated carbocycles. The van der Waals surface area contributed by atoms with Crippen molar-refractivity contribution in [2.75, 3.05) is 12.0 Å². The molecule has 0 heterocycles. The van der Waals surface area contributed by atoms with Gasteiger partial charge < -0.3 is 32.5 Å². The zero-order chi connectivity index (χ0) is 25.7. The molecule has 11 nitrogen and oxygen atoms in total. The minimum atomic E-state index is -1.15. The average molecular weight is 490 g/mol. The van der Waals surface area contributed by atoms with E-state index in [0.29, 0.717) is 18.6 Å². The fourth-order valence-electron chi connectivity index (χ4n) is 2.93. The fourth-order valence-corrected chi connectivity index (χ4v) is 3.40. The molecule has 0 aliphatic carbocycles. The SMILES string of the molecule is CCC(C)C(NC(=O)C(NC(=O)C(CCSC)NC(=O)C(N)CCC(N)=O)C(C)C)C(=O)O. The van der Waals surface area contributed by atoms with Crippen LogP contribution in [0.15, 0.2) is 0 Å². The van der Waals surface area contributed by atoms with Crippen LogP contribution in [0.25, 0.3) is 0 Å². The van der Waals surface area contributed by atoms with Crippen LogP contribution in [0.1, 0.15) is 53.4 Å². The van der Waals surface area contributed by atoms with Gasteiger partial charge in [0.2, 0.25) is 23.6 Å². The molecular weight excluding hydrogens is 450 g/mol. The van der Waals surface area contributed by atoms with Crippen LogP contribution in [0.4, 0.5) is 0 Å². The van der Waals surface area contributed by atoms with Gasteiger partial charge in [0.15, 0.2) is 0 Å².